The quantitative estimate of drug-likeness (QED) is 0.613. The van der Waals surface area contributed by atoms with Gasteiger partial charge in [-0.25, -0.2) is 0 Å². The maximum absolute atomic E-state index is 10.1. The second kappa shape index (κ2) is 3.90. The Morgan fingerprint density at radius 2 is 2.17 bits per heavy atom. The predicted molar refractivity (Wildman–Crippen MR) is 46.6 cm³/mol. The Bertz CT molecular complexity index is 151. The first-order chi connectivity index (χ1) is 5.66. The summed E-state index contributed by atoms with van der Waals surface area (Å²) in [7, 11) is 0. The lowest BCUT2D eigenvalue weighted by Gasteiger charge is -2.35. The number of rotatable bonds is 3. The van der Waals surface area contributed by atoms with Crippen molar-refractivity contribution in [2.45, 2.75) is 38.7 Å². The molecule has 3 nitrogen and oxygen atoms in total. The third-order valence-electron chi connectivity index (χ3n) is 2.77. The van der Waals surface area contributed by atoms with Crippen LogP contribution < -0.4 is 5.32 Å². The van der Waals surface area contributed by atoms with Gasteiger partial charge in [0.2, 0.25) is 6.41 Å². The van der Waals surface area contributed by atoms with Gasteiger partial charge in [0, 0.05) is 6.54 Å². The third-order valence-corrected chi connectivity index (χ3v) is 2.77. The number of aliphatic hydroxyl groups is 1. The molecule has 0 spiro atoms. The van der Waals surface area contributed by atoms with Crippen LogP contribution in [-0.2, 0) is 4.79 Å². The highest BCUT2D eigenvalue weighted by Gasteiger charge is 2.29. The molecule has 12 heavy (non-hydrogen) atoms. The Balaban J connectivity index is 2.33. The molecule has 0 aliphatic heterocycles. The molecule has 70 valence electrons. The molecule has 0 heterocycles. The maximum Gasteiger partial charge on any atom is 0.207 e. The van der Waals surface area contributed by atoms with E-state index in [1.54, 1.807) is 0 Å². The molecule has 1 aliphatic rings. The van der Waals surface area contributed by atoms with Crippen LogP contribution in [0.2, 0.25) is 0 Å². The van der Waals surface area contributed by atoms with Gasteiger partial charge in [0.15, 0.2) is 0 Å². The van der Waals surface area contributed by atoms with Crippen LogP contribution in [0.1, 0.15) is 32.6 Å². The largest absolute Gasteiger partial charge is 0.393 e. The van der Waals surface area contributed by atoms with E-state index in [0.717, 1.165) is 38.6 Å². The average molecular weight is 171 g/mol. The number of carbonyl (C=O) groups is 1. The van der Waals surface area contributed by atoms with Gasteiger partial charge in [-0.3, -0.25) is 4.79 Å². The summed E-state index contributed by atoms with van der Waals surface area (Å²) >= 11 is 0. The maximum atomic E-state index is 10.1. The van der Waals surface area contributed by atoms with Gasteiger partial charge in [-0.2, -0.15) is 0 Å². The van der Waals surface area contributed by atoms with Crippen molar-refractivity contribution in [1.29, 1.82) is 0 Å². The summed E-state index contributed by atoms with van der Waals surface area (Å²) in [6.07, 6.45) is 4.39. The highest BCUT2D eigenvalue weighted by molar-refractivity contribution is 5.45. The summed E-state index contributed by atoms with van der Waals surface area (Å²) in [5.41, 5.74) is 0.208. The zero-order valence-electron chi connectivity index (χ0n) is 7.55. The second-order valence-corrected chi connectivity index (χ2v) is 4.04. The van der Waals surface area contributed by atoms with E-state index in [1.165, 1.54) is 0 Å². The van der Waals surface area contributed by atoms with Crippen LogP contribution in [0, 0.1) is 5.41 Å². The molecule has 0 unspecified atom stereocenters. The summed E-state index contributed by atoms with van der Waals surface area (Å²) in [6, 6.07) is 0. The van der Waals surface area contributed by atoms with Gasteiger partial charge in [-0.1, -0.05) is 6.92 Å². The molecule has 1 aliphatic carbocycles. The number of carbonyl (C=O) groups excluding carboxylic acids is 1. The monoisotopic (exact) mass is 171 g/mol. The number of aliphatic hydroxyl groups excluding tert-OH is 1. The molecule has 0 radical (unpaired) electrons. The molecule has 0 bridgehead atoms. The van der Waals surface area contributed by atoms with Crippen molar-refractivity contribution in [3.05, 3.63) is 0 Å². The molecule has 2 N–H and O–H groups in total. The van der Waals surface area contributed by atoms with Crippen LogP contribution in [0.3, 0.4) is 0 Å². The van der Waals surface area contributed by atoms with Crippen molar-refractivity contribution in [3.63, 3.8) is 0 Å². The van der Waals surface area contributed by atoms with Crippen LogP contribution in [0.4, 0.5) is 0 Å². The first-order valence-corrected chi connectivity index (χ1v) is 4.51. The molecular weight excluding hydrogens is 154 g/mol. The number of hydrogen-bond donors (Lipinski definition) is 2. The van der Waals surface area contributed by atoms with Crippen LogP contribution in [0.15, 0.2) is 0 Å². The lowest BCUT2D eigenvalue weighted by Crippen LogP contribution is -2.35. The molecule has 0 aromatic carbocycles. The SMILES string of the molecule is CC1(CNC=O)CCC(O)CC1. The highest BCUT2D eigenvalue weighted by Crippen LogP contribution is 2.34. The van der Waals surface area contributed by atoms with Crippen molar-refractivity contribution < 1.29 is 9.90 Å². The Hall–Kier alpha value is -0.570. The van der Waals surface area contributed by atoms with E-state index in [0.29, 0.717) is 0 Å². The Labute approximate surface area is 73.2 Å². The van der Waals surface area contributed by atoms with E-state index in [1.807, 2.05) is 0 Å². The highest BCUT2D eigenvalue weighted by atomic mass is 16.3. The molecule has 1 rings (SSSR count). The van der Waals surface area contributed by atoms with Gasteiger partial charge >= 0.3 is 0 Å². The van der Waals surface area contributed by atoms with Crippen molar-refractivity contribution >= 4 is 6.41 Å². The van der Waals surface area contributed by atoms with Crippen molar-refractivity contribution in [3.8, 4) is 0 Å². The van der Waals surface area contributed by atoms with Gasteiger partial charge < -0.3 is 10.4 Å². The molecule has 1 fully saturated rings. The van der Waals surface area contributed by atoms with E-state index in [2.05, 4.69) is 12.2 Å². The Morgan fingerprint density at radius 3 is 2.67 bits per heavy atom. The van der Waals surface area contributed by atoms with Gasteiger partial charge in [-0.05, 0) is 31.1 Å². The van der Waals surface area contributed by atoms with Crippen LogP contribution in [0.25, 0.3) is 0 Å². The Morgan fingerprint density at radius 1 is 1.58 bits per heavy atom. The summed E-state index contributed by atoms with van der Waals surface area (Å²) in [6.45, 7) is 2.90. The zero-order chi connectivity index (χ0) is 9.03. The van der Waals surface area contributed by atoms with E-state index < -0.39 is 0 Å². The first kappa shape index (κ1) is 9.52. The number of hydrogen-bond acceptors (Lipinski definition) is 2. The van der Waals surface area contributed by atoms with E-state index in [9.17, 15) is 9.90 Å². The topological polar surface area (TPSA) is 49.3 Å². The number of amides is 1. The van der Waals surface area contributed by atoms with Crippen LogP contribution in [-0.4, -0.2) is 24.2 Å². The fourth-order valence-electron chi connectivity index (χ4n) is 1.76. The van der Waals surface area contributed by atoms with Crippen molar-refractivity contribution in [2.24, 2.45) is 5.41 Å². The molecule has 3 heteroatoms. The standard InChI is InChI=1S/C9H17NO2/c1-9(6-10-7-11)4-2-8(12)3-5-9/h7-8,12H,2-6H2,1H3,(H,10,11). The molecule has 0 aromatic rings. The summed E-state index contributed by atoms with van der Waals surface area (Å²) < 4.78 is 0. The first-order valence-electron chi connectivity index (χ1n) is 4.51. The Kier molecular flexibility index (Phi) is 3.09. The van der Waals surface area contributed by atoms with Gasteiger partial charge in [-0.15, -0.1) is 0 Å². The van der Waals surface area contributed by atoms with Gasteiger partial charge in [0.05, 0.1) is 6.10 Å². The fraction of sp³-hybridized carbons (Fsp3) is 0.889. The van der Waals surface area contributed by atoms with E-state index in [-0.39, 0.29) is 11.5 Å². The molecule has 0 atom stereocenters. The molecule has 1 amide bonds. The molecule has 1 saturated carbocycles. The lowest BCUT2D eigenvalue weighted by atomic mass is 9.75. The predicted octanol–water partition coefficient (Wildman–Crippen LogP) is 0.674. The van der Waals surface area contributed by atoms with Gasteiger partial charge in [0.1, 0.15) is 0 Å². The van der Waals surface area contributed by atoms with Crippen molar-refractivity contribution in [2.75, 3.05) is 6.54 Å². The van der Waals surface area contributed by atoms with E-state index in [4.69, 9.17) is 0 Å². The van der Waals surface area contributed by atoms with Crippen molar-refractivity contribution in [1.82, 2.24) is 5.32 Å². The lowest BCUT2D eigenvalue weighted by molar-refractivity contribution is -0.110. The zero-order valence-corrected chi connectivity index (χ0v) is 7.55. The van der Waals surface area contributed by atoms with Crippen LogP contribution >= 0.6 is 0 Å². The fourth-order valence-corrected chi connectivity index (χ4v) is 1.76. The summed E-state index contributed by atoms with van der Waals surface area (Å²) in [5.74, 6) is 0. The van der Waals surface area contributed by atoms with Crippen LogP contribution in [0.5, 0.6) is 0 Å². The minimum absolute atomic E-state index is 0.116. The summed E-state index contributed by atoms with van der Waals surface area (Å²) in [4.78, 5) is 10.1. The molecule has 0 saturated heterocycles. The summed E-state index contributed by atoms with van der Waals surface area (Å²) in [5, 5.41) is 12.0. The minimum Gasteiger partial charge on any atom is -0.393 e. The molecule has 0 aromatic heterocycles. The minimum atomic E-state index is -0.116. The van der Waals surface area contributed by atoms with E-state index >= 15 is 0 Å². The second-order valence-electron chi connectivity index (χ2n) is 4.04. The molecular formula is C9H17NO2. The normalized spacial score (nSPS) is 36.0. The smallest absolute Gasteiger partial charge is 0.207 e. The third kappa shape index (κ3) is 2.48. The number of nitrogens with one attached hydrogen (secondary N) is 1. The average Bonchev–Trinajstić information content (AvgIpc) is 2.08. The van der Waals surface area contributed by atoms with Gasteiger partial charge in [0.25, 0.3) is 0 Å².